The van der Waals surface area contributed by atoms with E-state index in [1.54, 1.807) is 6.07 Å². The number of para-hydroxylation sites is 2. The highest BCUT2D eigenvalue weighted by Gasteiger charge is 2.19. The number of benzene rings is 1. The van der Waals surface area contributed by atoms with Gasteiger partial charge >= 0.3 is 0 Å². The van der Waals surface area contributed by atoms with Crippen LogP contribution < -0.4 is 10.1 Å². The van der Waals surface area contributed by atoms with Gasteiger partial charge in [-0.2, -0.15) is 5.26 Å². The van der Waals surface area contributed by atoms with E-state index in [0.29, 0.717) is 24.1 Å². The van der Waals surface area contributed by atoms with Crippen molar-refractivity contribution in [3.05, 3.63) is 24.3 Å². The fourth-order valence-electron chi connectivity index (χ4n) is 2.50. The summed E-state index contributed by atoms with van der Waals surface area (Å²) in [6.45, 7) is 1.72. The zero-order valence-electron chi connectivity index (χ0n) is 12.3. The van der Waals surface area contributed by atoms with Crippen molar-refractivity contribution in [1.29, 1.82) is 5.26 Å². The van der Waals surface area contributed by atoms with Gasteiger partial charge in [-0.25, -0.2) is 0 Å². The standard InChI is InChI=1S/C16H21N3O2/c1-19-11-5-4-6-13(19)12-21-15-8-3-2-7-14(15)18-16(20)9-10-17/h2-3,7-8,13H,4-6,9,11-12H2,1H3,(H,18,20). The number of nitrogens with one attached hydrogen (secondary N) is 1. The molecule has 0 aromatic heterocycles. The fourth-order valence-corrected chi connectivity index (χ4v) is 2.50. The zero-order chi connectivity index (χ0) is 15.1. The number of ether oxygens (including phenoxy) is 1. The minimum absolute atomic E-state index is 0.153. The second-order valence-corrected chi connectivity index (χ2v) is 5.32. The zero-order valence-corrected chi connectivity index (χ0v) is 12.3. The van der Waals surface area contributed by atoms with E-state index in [9.17, 15) is 4.79 Å². The summed E-state index contributed by atoms with van der Waals surface area (Å²) >= 11 is 0. The largest absolute Gasteiger partial charge is 0.490 e. The lowest BCUT2D eigenvalue weighted by atomic mass is 10.0. The lowest BCUT2D eigenvalue weighted by molar-refractivity contribution is -0.115. The highest BCUT2D eigenvalue weighted by molar-refractivity contribution is 5.93. The molecule has 21 heavy (non-hydrogen) atoms. The molecule has 0 spiro atoms. The molecule has 1 saturated heterocycles. The van der Waals surface area contributed by atoms with Crippen LogP contribution in [0.1, 0.15) is 25.7 Å². The molecule has 1 fully saturated rings. The molecule has 1 atom stereocenters. The molecule has 112 valence electrons. The average molecular weight is 287 g/mol. The molecule has 5 nitrogen and oxygen atoms in total. The molecule has 1 aromatic rings. The van der Waals surface area contributed by atoms with Gasteiger partial charge in [-0.05, 0) is 38.6 Å². The van der Waals surface area contributed by atoms with Crippen LogP contribution >= 0.6 is 0 Å². The Balaban J connectivity index is 1.96. The number of rotatable bonds is 5. The monoisotopic (exact) mass is 287 g/mol. The van der Waals surface area contributed by atoms with Crippen molar-refractivity contribution < 1.29 is 9.53 Å². The van der Waals surface area contributed by atoms with Gasteiger partial charge in [0.2, 0.25) is 5.91 Å². The van der Waals surface area contributed by atoms with Crippen LogP contribution in [0.2, 0.25) is 0 Å². The molecule has 1 aromatic carbocycles. The van der Waals surface area contributed by atoms with Gasteiger partial charge in [-0.1, -0.05) is 18.6 Å². The van der Waals surface area contributed by atoms with Gasteiger partial charge in [0, 0.05) is 6.04 Å². The van der Waals surface area contributed by atoms with Crippen molar-refractivity contribution in [1.82, 2.24) is 4.90 Å². The maximum absolute atomic E-state index is 11.5. The summed E-state index contributed by atoms with van der Waals surface area (Å²) < 4.78 is 5.89. The Kier molecular flexibility index (Phi) is 5.59. The summed E-state index contributed by atoms with van der Waals surface area (Å²) in [4.78, 5) is 13.8. The van der Waals surface area contributed by atoms with E-state index in [-0.39, 0.29) is 12.3 Å². The predicted molar refractivity (Wildman–Crippen MR) is 81.1 cm³/mol. The van der Waals surface area contributed by atoms with Gasteiger partial charge in [0.05, 0.1) is 11.8 Å². The topological polar surface area (TPSA) is 65.4 Å². The van der Waals surface area contributed by atoms with Crippen molar-refractivity contribution in [3.63, 3.8) is 0 Å². The molecule has 0 saturated carbocycles. The third-order valence-corrected chi connectivity index (χ3v) is 3.75. The van der Waals surface area contributed by atoms with Crippen LogP contribution in [-0.2, 0) is 4.79 Å². The smallest absolute Gasteiger partial charge is 0.238 e. The van der Waals surface area contributed by atoms with Gasteiger partial charge < -0.3 is 15.0 Å². The molecule has 1 amide bonds. The van der Waals surface area contributed by atoms with Crippen LogP contribution in [0.3, 0.4) is 0 Å². The number of carbonyl (C=O) groups is 1. The number of hydrogen-bond acceptors (Lipinski definition) is 4. The van der Waals surface area contributed by atoms with E-state index in [4.69, 9.17) is 10.00 Å². The Morgan fingerprint density at radius 3 is 3.05 bits per heavy atom. The van der Waals surface area contributed by atoms with Crippen LogP contribution in [0, 0.1) is 11.3 Å². The molecule has 0 aliphatic carbocycles. The van der Waals surface area contributed by atoms with E-state index in [1.165, 1.54) is 12.8 Å². The predicted octanol–water partition coefficient (Wildman–Crippen LogP) is 2.40. The summed E-state index contributed by atoms with van der Waals surface area (Å²) in [5.41, 5.74) is 0.621. The van der Waals surface area contributed by atoms with Crippen molar-refractivity contribution in [2.24, 2.45) is 0 Å². The molecule has 5 heteroatoms. The number of carbonyl (C=O) groups excluding carboxylic acids is 1. The number of nitrogens with zero attached hydrogens (tertiary/aromatic N) is 2. The normalized spacial score (nSPS) is 18.8. The van der Waals surface area contributed by atoms with Gasteiger partial charge in [-0.15, -0.1) is 0 Å². The van der Waals surface area contributed by atoms with E-state index < -0.39 is 0 Å². The minimum Gasteiger partial charge on any atom is -0.490 e. The Hall–Kier alpha value is -2.06. The molecule has 1 N–H and O–H groups in total. The van der Waals surface area contributed by atoms with Crippen molar-refractivity contribution in [2.75, 3.05) is 25.5 Å². The maximum Gasteiger partial charge on any atom is 0.238 e. The van der Waals surface area contributed by atoms with Crippen LogP contribution in [0.15, 0.2) is 24.3 Å². The van der Waals surface area contributed by atoms with Crippen LogP contribution in [0.25, 0.3) is 0 Å². The number of anilines is 1. The molecule has 2 rings (SSSR count). The van der Waals surface area contributed by atoms with Crippen molar-refractivity contribution >= 4 is 11.6 Å². The lowest BCUT2D eigenvalue weighted by Gasteiger charge is -2.32. The van der Waals surface area contributed by atoms with Crippen LogP contribution in [0.5, 0.6) is 5.75 Å². The molecular formula is C16H21N3O2. The first-order chi connectivity index (χ1) is 10.2. The summed E-state index contributed by atoms with van der Waals surface area (Å²) in [5.74, 6) is 0.339. The third-order valence-electron chi connectivity index (χ3n) is 3.75. The molecule has 1 heterocycles. The summed E-state index contributed by atoms with van der Waals surface area (Å²) in [5, 5.41) is 11.2. The third kappa shape index (κ3) is 4.47. The van der Waals surface area contributed by atoms with E-state index in [0.717, 1.165) is 13.0 Å². The average Bonchev–Trinajstić information content (AvgIpc) is 2.48. The summed E-state index contributed by atoms with van der Waals surface area (Å²) in [6.07, 6.45) is 3.46. The SMILES string of the molecule is CN1CCCCC1COc1ccccc1NC(=O)CC#N. The van der Waals surface area contributed by atoms with Gasteiger partial charge in [0.25, 0.3) is 0 Å². The highest BCUT2D eigenvalue weighted by Crippen LogP contribution is 2.25. The first-order valence-electron chi connectivity index (χ1n) is 7.29. The molecule has 1 aliphatic rings. The van der Waals surface area contributed by atoms with Crippen molar-refractivity contribution in [3.8, 4) is 11.8 Å². The molecule has 0 bridgehead atoms. The summed E-state index contributed by atoms with van der Waals surface area (Å²) in [7, 11) is 2.12. The van der Waals surface area contributed by atoms with Crippen LogP contribution in [-0.4, -0.2) is 37.0 Å². The minimum atomic E-state index is -0.316. The number of likely N-dealkylation sites (tertiary alicyclic amines) is 1. The highest BCUT2D eigenvalue weighted by atomic mass is 16.5. The number of likely N-dealkylation sites (N-methyl/N-ethyl adjacent to an activating group) is 1. The van der Waals surface area contributed by atoms with E-state index >= 15 is 0 Å². The first kappa shape index (κ1) is 15.3. The number of nitriles is 1. The van der Waals surface area contributed by atoms with Crippen LogP contribution in [0.4, 0.5) is 5.69 Å². The van der Waals surface area contributed by atoms with Gasteiger partial charge in [0.15, 0.2) is 0 Å². The van der Waals surface area contributed by atoms with Gasteiger partial charge in [0.1, 0.15) is 18.8 Å². The van der Waals surface area contributed by atoms with Crippen molar-refractivity contribution in [2.45, 2.75) is 31.7 Å². The maximum atomic E-state index is 11.5. The lowest BCUT2D eigenvalue weighted by Crippen LogP contribution is -2.40. The van der Waals surface area contributed by atoms with E-state index in [2.05, 4.69) is 17.3 Å². The number of piperidine rings is 1. The first-order valence-corrected chi connectivity index (χ1v) is 7.29. The molecule has 0 radical (unpaired) electrons. The Bertz CT molecular complexity index is 524. The number of hydrogen-bond donors (Lipinski definition) is 1. The second kappa shape index (κ2) is 7.65. The Morgan fingerprint density at radius 1 is 1.48 bits per heavy atom. The summed E-state index contributed by atoms with van der Waals surface area (Å²) in [6, 6.07) is 9.59. The van der Waals surface area contributed by atoms with Gasteiger partial charge in [-0.3, -0.25) is 4.79 Å². The molecule has 1 unspecified atom stereocenters. The number of amides is 1. The second-order valence-electron chi connectivity index (χ2n) is 5.32. The van der Waals surface area contributed by atoms with E-state index in [1.807, 2.05) is 24.3 Å². The Labute approximate surface area is 125 Å². The molecular weight excluding hydrogens is 266 g/mol. The molecule has 1 aliphatic heterocycles. The quantitative estimate of drug-likeness (QED) is 0.903. The fraction of sp³-hybridized carbons (Fsp3) is 0.500. The Morgan fingerprint density at radius 2 is 2.29 bits per heavy atom.